The highest BCUT2D eigenvalue weighted by Crippen LogP contribution is 2.21. The molecule has 0 heterocycles. The van der Waals surface area contributed by atoms with Gasteiger partial charge in [0.25, 0.3) is 0 Å². The summed E-state index contributed by atoms with van der Waals surface area (Å²) in [5.74, 6) is 0. The molecule has 0 spiro atoms. The molecule has 0 aliphatic heterocycles. The van der Waals surface area contributed by atoms with E-state index in [4.69, 9.17) is 5.73 Å². The summed E-state index contributed by atoms with van der Waals surface area (Å²) in [5, 5.41) is 0. The molecule has 0 aliphatic rings. The first-order valence-electron chi connectivity index (χ1n) is 4.48. The predicted molar refractivity (Wildman–Crippen MR) is 53.1 cm³/mol. The van der Waals surface area contributed by atoms with E-state index in [0.29, 0.717) is 0 Å². The number of hydrogen-bond acceptors (Lipinski definition) is 1. The van der Waals surface area contributed by atoms with Crippen LogP contribution in [0.2, 0.25) is 0 Å². The molecule has 0 saturated carbocycles. The van der Waals surface area contributed by atoms with Crippen molar-refractivity contribution in [2.75, 3.05) is 0 Å². The molecule has 66 valence electrons. The maximum absolute atomic E-state index is 6.00. The molecule has 1 nitrogen and oxygen atoms in total. The molecule has 0 unspecified atom stereocenters. The van der Waals surface area contributed by atoms with E-state index in [0.717, 1.165) is 6.42 Å². The van der Waals surface area contributed by atoms with E-state index in [1.807, 2.05) is 0 Å². The monoisotopic (exact) mass is 163 g/mol. The predicted octanol–water partition coefficient (Wildman–Crippen LogP) is 2.71. The van der Waals surface area contributed by atoms with Crippen LogP contribution in [0.5, 0.6) is 0 Å². The highest BCUT2D eigenvalue weighted by Gasteiger charge is 2.08. The van der Waals surface area contributed by atoms with Crippen LogP contribution in [0.15, 0.2) is 18.2 Å². The molecule has 0 aliphatic carbocycles. The van der Waals surface area contributed by atoms with Gasteiger partial charge in [-0.05, 0) is 37.0 Å². The van der Waals surface area contributed by atoms with Crippen LogP contribution < -0.4 is 5.73 Å². The molecule has 0 aromatic heterocycles. The third-order valence-electron chi connectivity index (χ3n) is 2.35. The maximum atomic E-state index is 6.00. The van der Waals surface area contributed by atoms with Gasteiger partial charge in [0, 0.05) is 6.04 Å². The van der Waals surface area contributed by atoms with Crippen molar-refractivity contribution in [1.29, 1.82) is 0 Å². The van der Waals surface area contributed by atoms with Crippen molar-refractivity contribution in [2.45, 2.75) is 33.2 Å². The third-order valence-corrected chi connectivity index (χ3v) is 2.35. The molecule has 1 aromatic carbocycles. The van der Waals surface area contributed by atoms with Crippen molar-refractivity contribution in [2.24, 2.45) is 5.73 Å². The van der Waals surface area contributed by atoms with Gasteiger partial charge in [-0.3, -0.25) is 0 Å². The van der Waals surface area contributed by atoms with E-state index in [2.05, 4.69) is 39.0 Å². The lowest BCUT2D eigenvalue weighted by atomic mass is 9.95. The third kappa shape index (κ3) is 1.67. The van der Waals surface area contributed by atoms with Gasteiger partial charge >= 0.3 is 0 Å². The highest BCUT2D eigenvalue weighted by atomic mass is 14.6. The molecule has 1 aromatic rings. The fraction of sp³-hybridized carbons (Fsp3) is 0.455. The molecule has 0 amide bonds. The van der Waals surface area contributed by atoms with Gasteiger partial charge in [0.2, 0.25) is 0 Å². The van der Waals surface area contributed by atoms with Gasteiger partial charge in [0.05, 0.1) is 0 Å². The summed E-state index contributed by atoms with van der Waals surface area (Å²) in [4.78, 5) is 0. The molecule has 1 atom stereocenters. The van der Waals surface area contributed by atoms with Crippen molar-refractivity contribution < 1.29 is 0 Å². The highest BCUT2D eigenvalue weighted by molar-refractivity contribution is 5.35. The van der Waals surface area contributed by atoms with Gasteiger partial charge in [-0.1, -0.05) is 25.1 Å². The summed E-state index contributed by atoms with van der Waals surface area (Å²) < 4.78 is 0. The molecule has 0 saturated heterocycles. The average molecular weight is 163 g/mol. The number of benzene rings is 1. The van der Waals surface area contributed by atoms with Crippen LogP contribution in [0, 0.1) is 13.8 Å². The largest absolute Gasteiger partial charge is 0.324 e. The molecule has 12 heavy (non-hydrogen) atoms. The minimum Gasteiger partial charge on any atom is -0.324 e. The second kappa shape index (κ2) is 3.72. The van der Waals surface area contributed by atoms with Gasteiger partial charge in [-0.25, -0.2) is 0 Å². The Morgan fingerprint density at radius 3 is 2.17 bits per heavy atom. The fourth-order valence-electron chi connectivity index (χ4n) is 1.62. The Morgan fingerprint density at radius 2 is 1.75 bits per heavy atom. The Kier molecular flexibility index (Phi) is 2.88. The van der Waals surface area contributed by atoms with E-state index < -0.39 is 0 Å². The molecular weight excluding hydrogens is 146 g/mol. The van der Waals surface area contributed by atoms with Crippen LogP contribution in [0.3, 0.4) is 0 Å². The molecule has 0 radical (unpaired) electrons. The van der Waals surface area contributed by atoms with Gasteiger partial charge < -0.3 is 5.73 Å². The zero-order chi connectivity index (χ0) is 9.14. The van der Waals surface area contributed by atoms with E-state index in [9.17, 15) is 0 Å². The van der Waals surface area contributed by atoms with Crippen LogP contribution in [0.4, 0.5) is 0 Å². The van der Waals surface area contributed by atoms with Crippen LogP contribution in [0.1, 0.15) is 36.1 Å². The minimum atomic E-state index is 0.200. The van der Waals surface area contributed by atoms with Gasteiger partial charge in [0.1, 0.15) is 0 Å². The Balaban J connectivity index is 3.12. The zero-order valence-electron chi connectivity index (χ0n) is 8.09. The Morgan fingerprint density at radius 1 is 1.25 bits per heavy atom. The summed E-state index contributed by atoms with van der Waals surface area (Å²) >= 11 is 0. The molecule has 1 heteroatoms. The molecular formula is C11H17N. The first-order valence-corrected chi connectivity index (χ1v) is 4.48. The summed E-state index contributed by atoms with van der Waals surface area (Å²) in [6, 6.07) is 6.53. The number of hydrogen-bond donors (Lipinski definition) is 1. The van der Waals surface area contributed by atoms with Crippen molar-refractivity contribution in [3.63, 3.8) is 0 Å². The molecule has 0 fully saturated rings. The van der Waals surface area contributed by atoms with Crippen molar-refractivity contribution in [1.82, 2.24) is 0 Å². The number of rotatable bonds is 2. The summed E-state index contributed by atoms with van der Waals surface area (Å²) in [5.41, 5.74) is 9.93. The molecule has 0 bridgehead atoms. The molecule has 1 rings (SSSR count). The normalized spacial score (nSPS) is 13.0. The number of aryl methyl sites for hydroxylation is 2. The van der Waals surface area contributed by atoms with Gasteiger partial charge in [-0.2, -0.15) is 0 Å². The van der Waals surface area contributed by atoms with E-state index in [-0.39, 0.29) is 6.04 Å². The summed E-state index contributed by atoms with van der Waals surface area (Å²) in [7, 11) is 0. The van der Waals surface area contributed by atoms with Crippen molar-refractivity contribution >= 4 is 0 Å². The summed E-state index contributed by atoms with van der Waals surface area (Å²) in [6.45, 7) is 6.37. The molecule has 2 N–H and O–H groups in total. The SMILES string of the molecule is CC[C@@H](N)c1c(C)cccc1C. The second-order valence-corrected chi connectivity index (χ2v) is 3.32. The van der Waals surface area contributed by atoms with Crippen LogP contribution >= 0.6 is 0 Å². The lowest BCUT2D eigenvalue weighted by Crippen LogP contribution is -2.11. The minimum absolute atomic E-state index is 0.200. The second-order valence-electron chi connectivity index (χ2n) is 3.32. The fourth-order valence-corrected chi connectivity index (χ4v) is 1.62. The smallest absolute Gasteiger partial charge is 0.0297 e. The Labute approximate surface area is 74.6 Å². The Hall–Kier alpha value is -0.820. The standard InChI is InChI=1S/C11H17N/c1-4-10(12)11-8(2)6-5-7-9(11)3/h5-7,10H,4,12H2,1-3H3/t10-/m1/s1. The van der Waals surface area contributed by atoms with E-state index in [1.165, 1.54) is 16.7 Å². The quantitative estimate of drug-likeness (QED) is 0.712. The lowest BCUT2D eigenvalue weighted by Gasteiger charge is -2.15. The maximum Gasteiger partial charge on any atom is 0.0297 e. The van der Waals surface area contributed by atoms with Crippen molar-refractivity contribution in [3.8, 4) is 0 Å². The zero-order valence-corrected chi connectivity index (χ0v) is 8.09. The van der Waals surface area contributed by atoms with Gasteiger partial charge in [0.15, 0.2) is 0 Å². The first kappa shape index (κ1) is 9.27. The van der Waals surface area contributed by atoms with Crippen molar-refractivity contribution in [3.05, 3.63) is 34.9 Å². The average Bonchev–Trinajstić information content (AvgIpc) is 2.03. The van der Waals surface area contributed by atoms with E-state index >= 15 is 0 Å². The lowest BCUT2D eigenvalue weighted by molar-refractivity contribution is 0.689. The Bertz CT molecular complexity index is 245. The van der Waals surface area contributed by atoms with E-state index in [1.54, 1.807) is 0 Å². The van der Waals surface area contributed by atoms with Crippen LogP contribution in [0.25, 0.3) is 0 Å². The van der Waals surface area contributed by atoms with Gasteiger partial charge in [-0.15, -0.1) is 0 Å². The number of nitrogens with two attached hydrogens (primary N) is 1. The topological polar surface area (TPSA) is 26.0 Å². The summed E-state index contributed by atoms with van der Waals surface area (Å²) in [6.07, 6.45) is 1.01. The van der Waals surface area contributed by atoms with Crippen LogP contribution in [-0.2, 0) is 0 Å². The first-order chi connectivity index (χ1) is 5.66. The van der Waals surface area contributed by atoms with Crippen LogP contribution in [-0.4, -0.2) is 0 Å².